The highest BCUT2D eigenvalue weighted by atomic mass is 32.1. The molecule has 0 amide bonds. The maximum absolute atomic E-state index is 13.8. The molecule has 2 heterocycles. The van der Waals surface area contributed by atoms with Crippen LogP contribution in [-0.2, 0) is 11.3 Å². The van der Waals surface area contributed by atoms with Gasteiger partial charge >= 0.3 is 5.97 Å². The molecule has 0 aliphatic heterocycles. The van der Waals surface area contributed by atoms with E-state index >= 15 is 0 Å². The van der Waals surface area contributed by atoms with Gasteiger partial charge in [0.05, 0.1) is 19.8 Å². The Balaban J connectivity index is 1.48. The minimum absolute atomic E-state index is 0.124. The van der Waals surface area contributed by atoms with E-state index in [0.29, 0.717) is 37.9 Å². The van der Waals surface area contributed by atoms with E-state index < -0.39 is 5.97 Å². The van der Waals surface area contributed by atoms with Crippen LogP contribution in [0, 0.1) is 5.82 Å². The fourth-order valence-electron chi connectivity index (χ4n) is 2.73. The van der Waals surface area contributed by atoms with Gasteiger partial charge in [-0.1, -0.05) is 11.2 Å². The largest absolute Gasteiger partial charge is 0.497 e. The maximum Gasteiger partial charge on any atom is 0.348 e. The molecule has 7 nitrogen and oxygen atoms in total. The molecule has 0 N–H and O–H groups in total. The second kappa shape index (κ2) is 7.88. The van der Waals surface area contributed by atoms with Crippen LogP contribution in [0.1, 0.15) is 15.6 Å². The lowest BCUT2D eigenvalue weighted by atomic mass is 10.2. The molecule has 0 bridgehead atoms. The number of carbonyl (C=O) groups is 1. The summed E-state index contributed by atoms with van der Waals surface area (Å²) in [6.07, 6.45) is 0. The zero-order valence-electron chi connectivity index (χ0n) is 15.5. The van der Waals surface area contributed by atoms with Crippen LogP contribution in [0.25, 0.3) is 21.5 Å². The Morgan fingerprint density at radius 1 is 1.17 bits per heavy atom. The van der Waals surface area contributed by atoms with E-state index in [0.717, 1.165) is 11.3 Å². The average molecular weight is 414 g/mol. The van der Waals surface area contributed by atoms with Crippen molar-refractivity contribution in [1.29, 1.82) is 0 Å². The number of aromatic nitrogens is 2. The molecule has 4 aromatic rings. The van der Waals surface area contributed by atoms with Gasteiger partial charge in [0.15, 0.2) is 6.61 Å². The van der Waals surface area contributed by atoms with Gasteiger partial charge in [0.2, 0.25) is 5.82 Å². The predicted octanol–water partition coefficient (Wildman–Crippen LogP) is 4.46. The second-order valence-corrected chi connectivity index (χ2v) is 7.00. The predicted molar refractivity (Wildman–Crippen MR) is 104 cm³/mol. The fraction of sp³-hybridized carbons (Fsp3) is 0.150. The van der Waals surface area contributed by atoms with Crippen molar-refractivity contribution in [2.45, 2.75) is 6.61 Å². The summed E-state index contributed by atoms with van der Waals surface area (Å²) in [5.41, 5.74) is 0.606. The number of carbonyl (C=O) groups excluding carboxylic acids is 1. The third kappa shape index (κ3) is 3.77. The summed E-state index contributed by atoms with van der Waals surface area (Å²) in [7, 11) is 3.08. The number of nitrogens with zero attached hydrogens (tertiary/aromatic N) is 2. The Morgan fingerprint density at radius 2 is 2.03 bits per heavy atom. The zero-order valence-corrected chi connectivity index (χ0v) is 16.3. The van der Waals surface area contributed by atoms with Crippen LogP contribution in [0.5, 0.6) is 11.5 Å². The van der Waals surface area contributed by atoms with Crippen molar-refractivity contribution in [2.75, 3.05) is 14.2 Å². The molecule has 0 fully saturated rings. The Bertz CT molecular complexity index is 1190. The van der Waals surface area contributed by atoms with Gasteiger partial charge < -0.3 is 18.7 Å². The van der Waals surface area contributed by atoms with Crippen LogP contribution in [0.3, 0.4) is 0 Å². The van der Waals surface area contributed by atoms with E-state index in [9.17, 15) is 9.18 Å². The lowest BCUT2D eigenvalue weighted by Crippen LogP contribution is -2.03. The quantitative estimate of drug-likeness (QED) is 0.431. The zero-order chi connectivity index (χ0) is 20.4. The number of benzene rings is 2. The topological polar surface area (TPSA) is 83.7 Å². The first-order valence-electron chi connectivity index (χ1n) is 8.49. The summed E-state index contributed by atoms with van der Waals surface area (Å²) in [6.45, 7) is -0.207. The Kier molecular flexibility index (Phi) is 5.13. The van der Waals surface area contributed by atoms with Crippen LogP contribution in [0.15, 0.2) is 47.0 Å². The number of methoxy groups -OCH3 is 2. The molecule has 0 aliphatic carbocycles. The molecule has 2 aromatic carbocycles. The molecule has 29 heavy (non-hydrogen) atoms. The summed E-state index contributed by atoms with van der Waals surface area (Å²) in [4.78, 5) is 16.8. The molecule has 0 radical (unpaired) electrons. The lowest BCUT2D eigenvalue weighted by Gasteiger charge is -2.07. The highest BCUT2D eigenvalue weighted by Gasteiger charge is 2.18. The van der Waals surface area contributed by atoms with E-state index in [2.05, 4.69) is 10.1 Å². The van der Waals surface area contributed by atoms with Crippen molar-refractivity contribution in [3.63, 3.8) is 0 Å². The first kappa shape index (κ1) is 18.9. The number of hydrogen-bond acceptors (Lipinski definition) is 8. The van der Waals surface area contributed by atoms with Gasteiger partial charge in [-0.15, -0.1) is 11.3 Å². The van der Waals surface area contributed by atoms with Crippen molar-refractivity contribution < 1.29 is 27.9 Å². The summed E-state index contributed by atoms with van der Waals surface area (Å²) in [6, 6.07) is 11.3. The van der Waals surface area contributed by atoms with Crippen LogP contribution in [0.2, 0.25) is 0 Å². The van der Waals surface area contributed by atoms with Gasteiger partial charge in [-0.25, -0.2) is 9.18 Å². The number of fused-ring (bicyclic) bond motifs is 1. The number of rotatable bonds is 6. The number of esters is 1. The van der Waals surface area contributed by atoms with Gasteiger partial charge in [0.25, 0.3) is 5.89 Å². The monoisotopic (exact) mass is 414 g/mol. The summed E-state index contributed by atoms with van der Waals surface area (Å²) in [5, 5.41) is 4.29. The SMILES string of the molecule is COc1ccc(-c2noc(COC(=O)c3cc4c(F)cccc4s3)n2)c(OC)c1. The molecule has 9 heteroatoms. The maximum atomic E-state index is 13.8. The fourth-order valence-corrected chi connectivity index (χ4v) is 3.70. The number of thiophene rings is 1. The highest BCUT2D eigenvalue weighted by molar-refractivity contribution is 7.20. The molecular formula is C20H15FN2O5S. The Labute approximate surface area is 168 Å². The molecule has 0 spiro atoms. The molecule has 0 aliphatic rings. The summed E-state index contributed by atoms with van der Waals surface area (Å²) < 4.78 is 35.3. The minimum Gasteiger partial charge on any atom is -0.497 e. The molecule has 2 aromatic heterocycles. The molecule has 0 unspecified atom stereocenters. The van der Waals surface area contributed by atoms with Crippen LogP contribution < -0.4 is 9.47 Å². The van der Waals surface area contributed by atoms with E-state index in [4.69, 9.17) is 18.7 Å². The average Bonchev–Trinajstić information content (AvgIpc) is 3.39. The normalized spacial score (nSPS) is 10.9. The van der Waals surface area contributed by atoms with Crippen molar-refractivity contribution in [1.82, 2.24) is 10.1 Å². The van der Waals surface area contributed by atoms with Crippen molar-refractivity contribution in [2.24, 2.45) is 0 Å². The Morgan fingerprint density at radius 3 is 2.79 bits per heavy atom. The smallest absolute Gasteiger partial charge is 0.348 e. The molecule has 0 atom stereocenters. The molecule has 0 saturated heterocycles. The van der Waals surface area contributed by atoms with Crippen LogP contribution >= 0.6 is 11.3 Å². The number of hydrogen-bond donors (Lipinski definition) is 0. The molecule has 4 rings (SSSR count). The summed E-state index contributed by atoms with van der Waals surface area (Å²) in [5.74, 6) is 0.585. The van der Waals surface area contributed by atoms with Gasteiger partial charge in [0.1, 0.15) is 22.2 Å². The van der Waals surface area contributed by atoms with Gasteiger partial charge in [-0.2, -0.15) is 4.98 Å². The van der Waals surface area contributed by atoms with Crippen LogP contribution in [-0.4, -0.2) is 30.3 Å². The molecule has 0 saturated carbocycles. The first-order valence-corrected chi connectivity index (χ1v) is 9.31. The van der Waals surface area contributed by atoms with Crippen molar-refractivity contribution in [3.05, 3.63) is 59.0 Å². The van der Waals surface area contributed by atoms with E-state index in [-0.39, 0.29) is 18.3 Å². The lowest BCUT2D eigenvalue weighted by molar-refractivity contribution is 0.0435. The molecule has 148 valence electrons. The minimum atomic E-state index is -0.590. The van der Waals surface area contributed by atoms with Gasteiger partial charge in [-0.05, 0) is 30.3 Å². The summed E-state index contributed by atoms with van der Waals surface area (Å²) >= 11 is 1.16. The second-order valence-electron chi connectivity index (χ2n) is 5.92. The van der Waals surface area contributed by atoms with E-state index in [1.54, 1.807) is 37.4 Å². The van der Waals surface area contributed by atoms with Gasteiger partial charge in [-0.3, -0.25) is 0 Å². The third-order valence-electron chi connectivity index (χ3n) is 4.15. The van der Waals surface area contributed by atoms with Gasteiger partial charge in [0, 0.05) is 16.2 Å². The van der Waals surface area contributed by atoms with Crippen molar-refractivity contribution in [3.8, 4) is 22.9 Å². The first-order chi connectivity index (χ1) is 14.1. The molecular weight excluding hydrogens is 399 g/mol. The standard InChI is InChI=1S/C20H15FN2O5S/c1-25-11-6-7-12(15(8-11)26-2)19-22-18(28-23-19)10-27-20(24)17-9-13-14(21)4-3-5-16(13)29-17/h3-9H,10H2,1-2H3. The third-order valence-corrected chi connectivity index (χ3v) is 5.23. The van der Waals surface area contributed by atoms with E-state index in [1.165, 1.54) is 19.2 Å². The van der Waals surface area contributed by atoms with E-state index in [1.807, 2.05) is 0 Å². The Hall–Kier alpha value is -3.46. The number of ether oxygens (including phenoxy) is 3. The number of halogens is 1. The highest BCUT2D eigenvalue weighted by Crippen LogP contribution is 2.32. The van der Waals surface area contributed by atoms with Crippen molar-refractivity contribution >= 4 is 27.4 Å². The van der Waals surface area contributed by atoms with Crippen LogP contribution in [0.4, 0.5) is 4.39 Å².